The number of alkyl halides is 3. The molecule has 4 aromatic rings. The molecule has 2 fully saturated rings. The molecule has 1 saturated carbocycles. The van der Waals surface area contributed by atoms with E-state index in [0.29, 0.717) is 34.6 Å². The normalized spacial score (nSPS) is 22.1. The second-order valence-corrected chi connectivity index (χ2v) is 9.96. The number of hydrogen-bond acceptors (Lipinski definition) is 7. The van der Waals surface area contributed by atoms with Crippen molar-refractivity contribution in [2.45, 2.75) is 32.2 Å². The number of ether oxygens (including phenoxy) is 1. The first-order chi connectivity index (χ1) is 16.8. The molecule has 1 aromatic carbocycles. The number of aromatic nitrogens is 4. The van der Waals surface area contributed by atoms with Crippen molar-refractivity contribution >= 4 is 28.1 Å². The number of nitrogens with one attached hydrogen (secondary N) is 1. The summed E-state index contributed by atoms with van der Waals surface area (Å²) in [6.07, 6.45) is -0.650. The summed E-state index contributed by atoms with van der Waals surface area (Å²) in [4.78, 5) is 7.16. The zero-order valence-corrected chi connectivity index (χ0v) is 19.7. The lowest BCUT2D eigenvalue weighted by Crippen LogP contribution is -2.48. The smallest absolute Gasteiger partial charge is 0.406 e. The fourth-order valence-corrected chi connectivity index (χ4v) is 6.12. The second-order valence-electron chi connectivity index (χ2n) is 9.18. The third-order valence-electron chi connectivity index (χ3n) is 6.80. The number of pyridine rings is 1. The van der Waals surface area contributed by atoms with E-state index in [1.165, 1.54) is 23.2 Å². The molecule has 0 amide bonds. The number of piperidine rings is 1. The van der Waals surface area contributed by atoms with Crippen LogP contribution < -0.4 is 15.0 Å². The second kappa shape index (κ2) is 8.40. The molecular formula is C24H23F3N6OS. The maximum Gasteiger partial charge on any atom is 0.573 e. The van der Waals surface area contributed by atoms with Gasteiger partial charge < -0.3 is 15.0 Å². The summed E-state index contributed by atoms with van der Waals surface area (Å²) in [5.41, 5.74) is 2.88. The molecule has 2 unspecified atom stereocenters. The monoisotopic (exact) mass is 500 g/mol. The Balaban J connectivity index is 1.24. The van der Waals surface area contributed by atoms with Crippen LogP contribution in [0.2, 0.25) is 0 Å². The standard InChI is InChI=1S/C24H23F3N6OS/c1-14-10-20(35-31-14)32-12-16-7-8-17(13-32)21(16)28-23-29-22-19(6-3-9-33(22)30-23)15-4-2-5-18(11-15)34-24(25,26)27/h2-6,9-11,16-17,21H,7-8,12-13H2,1H3,(H,28,30). The van der Waals surface area contributed by atoms with Gasteiger partial charge in [0.25, 0.3) is 0 Å². The molecule has 2 bridgehead atoms. The molecule has 0 spiro atoms. The predicted molar refractivity (Wildman–Crippen MR) is 128 cm³/mol. The summed E-state index contributed by atoms with van der Waals surface area (Å²) < 4.78 is 48.2. The zero-order chi connectivity index (χ0) is 24.2. The minimum absolute atomic E-state index is 0.269. The van der Waals surface area contributed by atoms with Crippen LogP contribution in [-0.2, 0) is 0 Å². The lowest BCUT2D eigenvalue weighted by molar-refractivity contribution is -0.274. The number of nitrogens with zero attached hydrogens (tertiary/aromatic N) is 5. The van der Waals surface area contributed by atoms with E-state index in [-0.39, 0.29) is 11.8 Å². The van der Waals surface area contributed by atoms with Gasteiger partial charge in [-0.15, -0.1) is 18.3 Å². The molecular weight excluding hydrogens is 477 g/mol. The van der Waals surface area contributed by atoms with Crippen LogP contribution in [0.15, 0.2) is 48.7 Å². The van der Waals surface area contributed by atoms with Crippen molar-refractivity contribution in [3.05, 3.63) is 54.4 Å². The Hall–Kier alpha value is -3.34. The van der Waals surface area contributed by atoms with Crippen LogP contribution in [0.5, 0.6) is 5.75 Å². The maximum atomic E-state index is 12.7. The lowest BCUT2D eigenvalue weighted by atomic mass is 9.92. The van der Waals surface area contributed by atoms with Crippen molar-refractivity contribution in [3.8, 4) is 16.9 Å². The average molecular weight is 501 g/mol. The van der Waals surface area contributed by atoms with E-state index in [1.54, 1.807) is 34.4 Å². The van der Waals surface area contributed by atoms with Crippen LogP contribution >= 0.6 is 11.5 Å². The number of benzene rings is 1. The highest BCUT2D eigenvalue weighted by Crippen LogP contribution is 2.41. The Kier molecular flexibility index (Phi) is 5.32. The van der Waals surface area contributed by atoms with E-state index in [0.717, 1.165) is 31.6 Å². The Morgan fingerprint density at radius 2 is 1.89 bits per heavy atom. The van der Waals surface area contributed by atoms with Crippen molar-refractivity contribution < 1.29 is 17.9 Å². The fraction of sp³-hybridized carbons (Fsp3) is 0.375. The van der Waals surface area contributed by atoms with Crippen LogP contribution in [0.25, 0.3) is 16.8 Å². The summed E-state index contributed by atoms with van der Waals surface area (Å²) in [5.74, 6) is 1.23. The largest absolute Gasteiger partial charge is 0.573 e. The minimum atomic E-state index is -4.75. The number of rotatable bonds is 5. The van der Waals surface area contributed by atoms with Crippen molar-refractivity contribution in [2.75, 3.05) is 23.3 Å². The molecule has 11 heteroatoms. The van der Waals surface area contributed by atoms with Crippen LogP contribution in [0.1, 0.15) is 18.5 Å². The Labute approximate surface area is 203 Å². The lowest BCUT2D eigenvalue weighted by Gasteiger charge is -2.38. The van der Waals surface area contributed by atoms with Gasteiger partial charge in [-0.1, -0.05) is 12.1 Å². The predicted octanol–water partition coefficient (Wildman–Crippen LogP) is 5.39. The molecule has 3 aromatic heterocycles. The summed E-state index contributed by atoms with van der Waals surface area (Å²) in [6, 6.07) is 12.0. The van der Waals surface area contributed by atoms with Gasteiger partial charge in [0.15, 0.2) is 5.65 Å². The van der Waals surface area contributed by atoms with E-state index >= 15 is 0 Å². The van der Waals surface area contributed by atoms with Gasteiger partial charge in [0, 0.05) is 30.9 Å². The van der Waals surface area contributed by atoms with E-state index < -0.39 is 6.36 Å². The van der Waals surface area contributed by atoms with Crippen LogP contribution in [0.4, 0.5) is 24.1 Å². The van der Waals surface area contributed by atoms with Gasteiger partial charge >= 0.3 is 6.36 Å². The molecule has 2 aliphatic rings. The third-order valence-corrected chi connectivity index (χ3v) is 7.74. The van der Waals surface area contributed by atoms with Gasteiger partial charge in [-0.3, -0.25) is 0 Å². The SMILES string of the molecule is Cc1cc(N2CC3CCC(C2)C3Nc2nc3c(-c4cccc(OC(F)(F)F)c4)cccn3n2)sn1. The molecule has 2 atom stereocenters. The Bertz CT molecular complexity index is 1350. The molecule has 0 radical (unpaired) electrons. The number of aryl methyl sites for hydroxylation is 1. The van der Waals surface area contributed by atoms with Crippen molar-refractivity contribution in [3.63, 3.8) is 0 Å². The van der Waals surface area contributed by atoms with Crippen molar-refractivity contribution in [1.29, 1.82) is 0 Å². The molecule has 35 heavy (non-hydrogen) atoms. The van der Waals surface area contributed by atoms with E-state index in [1.807, 2.05) is 13.0 Å². The highest BCUT2D eigenvalue weighted by molar-refractivity contribution is 7.10. The molecule has 1 aliphatic carbocycles. The minimum Gasteiger partial charge on any atom is -0.406 e. The quantitative estimate of drug-likeness (QED) is 0.397. The van der Waals surface area contributed by atoms with Crippen LogP contribution in [-0.4, -0.2) is 44.5 Å². The number of halogens is 3. The maximum absolute atomic E-state index is 12.7. The first kappa shape index (κ1) is 22.1. The summed E-state index contributed by atoms with van der Waals surface area (Å²) in [5, 5.41) is 9.42. The molecule has 4 heterocycles. The summed E-state index contributed by atoms with van der Waals surface area (Å²) >= 11 is 1.56. The number of hydrogen-bond donors (Lipinski definition) is 1. The molecule has 1 saturated heterocycles. The van der Waals surface area contributed by atoms with Gasteiger partial charge in [0.2, 0.25) is 5.95 Å². The van der Waals surface area contributed by atoms with Gasteiger partial charge in [-0.2, -0.15) is 9.36 Å². The molecule has 7 nitrogen and oxygen atoms in total. The molecule has 182 valence electrons. The first-order valence-corrected chi connectivity index (χ1v) is 12.3. The van der Waals surface area contributed by atoms with Gasteiger partial charge in [0.1, 0.15) is 10.8 Å². The topological polar surface area (TPSA) is 67.6 Å². The molecule has 1 aliphatic heterocycles. The first-order valence-electron chi connectivity index (χ1n) is 11.5. The zero-order valence-electron chi connectivity index (χ0n) is 18.9. The Morgan fingerprint density at radius 3 is 2.60 bits per heavy atom. The number of fused-ring (bicyclic) bond motifs is 3. The highest BCUT2D eigenvalue weighted by atomic mass is 32.1. The van der Waals surface area contributed by atoms with Crippen molar-refractivity contribution in [2.24, 2.45) is 11.8 Å². The van der Waals surface area contributed by atoms with Gasteiger partial charge in [-0.25, -0.2) is 4.52 Å². The van der Waals surface area contributed by atoms with E-state index in [2.05, 4.69) is 30.5 Å². The summed E-state index contributed by atoms with van der Waals surface area (Å²) in [7, 11) is 0. The summed E-state index contributed by atoms with van der Waals surface area (Å²) in [6.45, 7) is 3.96. The van der Waals surface area contributed by atoms with Crippen LogP contribution in [0, 0.1) is 18.8 Å². The average Bonchev–Trinajstić information content (AvgIpc) is 3.48. The highest BCUT2D eigenvalue weighted by Gasteiger charge is 2.43. The van der Waals surface area contributed by atoms with Gasteiger partial charge in [0.05, 0.1) is 5.69 Å². The van der Waals surface area contributed by atoms with Gasteiger partial charge in [-0.05, 0) is 79.0 Å². The molecule has 1 N–H and O–H groups in total. The third kappa shape index (κ3) is 4.40. The van der Waals surface area contributed by atoms with Crippen LogP contribution in [0.3, 0.4) is 0 Å². The van der Waals surface area contributed by atoms with Crippen molar-refractivity contribution in [1.82, 2.24) is 19.0 Å². The molecule has 6 rings (SSSR count). The van der Waals surface area contributed by atoms with E-state index in [4.69, 9.17) is 4.98 Å². The fourth-order valence-electron chi connectivity index (χ4n) is 5.34. The van der Waals surface area contributed by atoms with E-state index in [9.17, 15) is 13.2 Å². The number of anilines is 2. The Morgan fingerprint density at radius 1 is 1.09 bits per heavy atom.